The summed E-state index contributed by atoms with van der Waals surface area (Å²) in [6, 6.07) is 13.4. The van der Waals surface area contributed by atoms with Crippen LogP contribution in [0, 0.1) is 0 Å². The summed E-state index contributed by atoms with van der Waals surface area (Å²) in [5.41, 5.74) is 4.78. The van der Waals surface area contributed by atoms with E-state index < -0.39 is 11.9 Å². The third-order valence-corrected chi connectivity index (χ3v) is 7.71. The highest BCUT2D eigenvalue weighted by Crippen LogP contribution is 2.28. The maximum Gasteiger partial charge on any atom is 0.255 e. The number of imide groups is 1. The van der Waals surface area contributed by atoms with Crippen LogP contribution in [0.3, 0.4) is 0 Å². The number of likely N-dealkylation sites (N-methyl/N-ethyl adjacent to an activating group) is 1. The van der Waals surface area contributed by atoms with E-state index in [-0.39, 0.29) is 24.0 Å². The van der Waals surface area contributed by atoms with Gasteiger partial charge >= 0.3 is 0 Å². The van der Waals surface area contributed by atoms with Crippen LogP contribution in [0.4, 0.5) is 0 Å². The highest BCUT2D eigenvalue weighted by Gasteiger charge is 2.39. The topological polar surface area (TPSA) is 90.0 Å². The van der Waals surface area contributed by atoms with Crippen molar-refractivity contribution < 1.29 is 19.2 Å². The SMILES string of the molecule is CN1CCN(Cc2ccc(CC(=O)CCc3ccc4c(c3)CN(C3CCC(=O)NC3=O)C4=O)cc2)CC1. The molecule has 0 saturated carbocycles. The van der Waals surface area contributed by atoms with E-state index >= 15 is 0 Å². The van der Waals surface area contributed by atoms with Crippen LogP contribution in [0.25, 0.3) is 0 Å². The number of rotatable bonds is 8. The largest absolute Gasteiger partial charge is 0.322 e. The maximum absolute atomic E-state index is 12.9. The molecule has 3 heterocycles. The lowest BCUT2D eigenvalue weighted by atomic mass is 9.99. The van der Waals surface area contributed by atoms with Gasteiger partial charge in [-0.15, -0.1) is 0 Å². The van der Waals surface area contributed by atoms with E-state index in [0.717, 1.165) is 49.4 Å². The summed E-state index contributed by atoms with van der Waals surface area (Å²) in [6.07, 6.45) is 2.06. The Bertz CT molecular complexity index is 1200. The van der Waals surface area contributed by atoms with Crippen molar-refractivity contribution in [3.63, 3.8) is 0 Å². The smallest absolute Gasteiger partial charge is 0.255 e. The summed E-state index contributed by atoms with van der Waals surface area (Å²) in [4.78, 5) is 55.6. The van der Waals surface area contributed by atoms with E-state index in [1.54, 1.807) is 11.0 Å². The Kier molecular flexibility index (Phi) is 7.48. The van der Waals surface area contributed by atoms with Crippen LogP contribution in [0.1, 0.15) is 51.9 Å². The zero-order valence-corrected chi connectivity index (χ0v) is 21.4. The fourth-order valence-electron chi connectivity index (χ4n) is 5.41. The van der Waals surface area contributed by atoms with Crippen molar-refractivity contribution >= 4 is 23.5 Å². The number of nitrogens with zero attached hydrogens (tertiary/aromatic N) is 3. The Morgan fingerprint density at radius 3 is 2.38 bits per heavy atom. The number of amides is 3. The second-order valence-corrected chi connectivity index (χ2v) is 10.5. The lowest BCUT2D eigenvalue weighted by molar-refractivity contribution is -0.137. The molecule has 3 aliphatic rings. The molecule has 8 heteroatoms. The average Bonchev–Trinajstić information content (AvgIpc) is 3.20. The van der Waals surface area contributed by atoms with Gasteiger partial charge in [0.25, 0.3) is 5.91 Å². The van der Waals surface area contributed by atoms with Crippen molar-refractivity contribution in [2.24, 2.45) is 0 Å². The van der Waals surface area contributed by atoms with Gasteiger partial charge in [0, 0.05) is 64.1 Å². The molecule has 5 rings (SSSR count). The van der Waals surface area contributed by atoms with Gasteiger partial charge in [-0.3, -0.25) is 29.4 Å². The second kappa shape index (κ2) is 10.9. The minimum absolute atomic E-state index is 0.178. The lowest BCUT2D eigenvalue weighted by Crippen LogP contribution is -2.52. The van der Waals surface area contributed by atoms with Gasteiger partial charge in [0.05, 0.1) is 0 Å². The fourth-order valence-corrected chi connectivity index (χ4v) is 5.41. The Balaban J connectivity index is 1.11. The third kappa shape index (κ3) is 5.97. The zero-order chi connectivity index (χ0) is 25.9. The Hall–Kier alpha value is -3.36. The molecule has 1 N–H and O–H groups in total. The fraction of sp³-hybridized carbons (Fsp3) is 0.448. The van der Waals surface area contributed by atoms with Crippen molar-refractivity contribution in [2.75, 3.05) is 33.2 Å². The Morgan fingerprint density at radius 2 is 1.65 bits per heavy atom. The van der Waals surface area contributed by atoms with Crippen LogP contribution in [-0.4, -0.2) is 77.5 Å². The lowest BCUT2D eigenvalue weighted by Gasteiger charge is -2.32. The number of hydrogen-bond acceptors (Lipinski definition) is 6. The van der Waals surface area contributed by atoms with Gasteiger partial charge in [0.2, 0.25) is 11.8 Å². The minimum Gasteiger partial charge on any atom is -0.322 e. The molecule has 37 heavy (non-hydrogen) atoms. The summed E-state index contributed by atoms with van der Waals surface area (Å²) in [5.74, 6) is -0.689. The average molecular weight is 503 g/mol. The molecule has 3 amide bonds. The molecule has 0 spiro atoms. The number of piperidine rings is 1. The molecule has 2 saturated heterocycles. The summed E-state index contributed by atoms with van der Waals surface area (Å²) in [6.45, 7) is 5.67. The van der Waals surface area contributed by atoms with E-state index in [0.29, 0.717) is 37.8 Å². The van der Waals surface area contributed by atoms with Gasteiger partial charge < -0.3 is 9.80 Å². The first kappa shape index (κ1) is 25.3. The van der Waals surface area contributed by atoms with E-state index in [4.69, 9.17) is 0 Å². The number of carbonyl (C=O) groups is 4. The van der Waals surface area contributed by atoms with E-state index in [1.807, 2.05) is 12.1 Å². The van der Waals surface area contributed by atoms with Gasteiger partial charge in [-0.25, -0.2) is 0 Å². The van der Waals surface area contributed by atoms with E-state index in [1.165, 1.54) is 5.56 Å². The first-order valence-electron chi connectivity index (χ1n) is 13.1. The molecule has 0 aromatic heterocycles. The highest BCUT2D eigenvalue weighted by molar-refractivity contribution is 6.05. The molecule has 8 nitrogen and oxygen atoms in total. The van der Waals surface area contributed by atoms with Crippen molar-refractivity contribution in [1.29, 1.82) is 0 Å². The van der Waals surface area contributed by atoms with E-state index in [2.05, 4.69) is 46.4 Å². The Morgan fingerprint density at radius 1 is 0.946 bits per heavy atom. The van der Waals surface area contributed by atoms with Crippen LogP contribution in [0.15, 0.2) is 42.5 Å². The van der Waals surface area contributed by atoms with Crippen molar-refractivity contribution in [1.82, 2.24) is 20.0 Å². The van der Waals surface area contributed by atoms with Crippen LogP contribution in [0.2, 0.25) is 0 Å². The normalized spacial score (nSPS) is 20.7. The zero-order valence-electron chi connectivity index (χ0n) is 21.4. The quantitative estimate of drug-likeness (QED) is 0.555. The molecule has 0 bridgehead atoms. The summed E-state index contributed by atoms with van der Waals surface area (Å²) < 4.78 is 0. The van der Waals surface area contributed by atoms with Crippen molar-refractivity contribution in [3.8, 4) is 0 Å². The molecule has 2 fully saturated rings. The van der Waals surface area contributed by atoms with Gasteiger partial charge in [0.15, 0.2) is 0 Å². The van der Waals surface area contributed by atoms with Gasteiger partial charge in [0.1, 0.15) is 11.8 Å². The summed E-state index contributed by atoms with van der Waals surface area (Å²) >= 11 is 0. The first-order chi connectivity index (χ1) is 17.9. The minimum atomic E-state index is -0.615. The number of carbonyl (C=O) groups excluding carboxylic acids is 4. The highest BCUT2D eigenvalue weighted by atomic mass is 16.2. The van der Waals surface area contributed by atoms with E-state index in [9.17, 15) is 19.2 Å². The number of aryl methyl sites for hydroxylation is 1. The van der Waals surface area contributed by atoms with Gasteiger partial charge in [-0.05, 0) is 48.2 Å². The molecule has 194 valence electrons. The standard InChI is InChI=1S/C29H34N4O4/c1-31-12-14-32(15-13-31)18-22-4-2-21(3-5-22)17-24(34)8-6-20-7-9-25-23(16-20)19-33(29(25)37)26-10-11-27(35)30-28(26)36/h2-5,7,9,16,26H,6,8,10-15,17-19H2,1H3,(H,30,35,36). The number of Topliss-reactive ketones (excluding diaryl/α,β-unsaturated/α-hetero) is 1. The monoisotopic (exact) mass is 502 g/mol. The molecule has 3 aliphatic heterocycles. The maximum atomic E-state index is 12.9. The molecule has 2 aromatic carbocycles. The first-order valence-corrected chi connectivity index (χ1v) is 13.1. The van der Waals surface area contributed by atoms with Crippen molar-refractivity contribution in [2.45, 2.75) is 51.2 Å². The predicted molar refractivity (Wildman–Crippen MR) is 139 cm³/mol. The van der Waals surface area contributed by atoms with Gasteiger partial charge in [-0.2, -0.15) is 0 Å². The van der Waals surface area contributed by atoms with Crippen LogP contribution in [0.5, 0.6) is 0 Å². The molecule has 0 aliphatic carbocycles. The van der Waals surface area contributed by atoms with Crippen molar-refractivity contribution in [3.05, 3.63) is 70.3 Å². The molecular weight excluding hydrogens is 468 g/mol. The third-order valence-electron chi connectivity index (χ3n) is 7.71. The van der Waals surface area contributed by atoms with Crippen LogP contribution in [-0.2, 0) is 40.3 Å². The number of hydrogen-bond donors (Lipinski definition) is 1. The Labute approximate surface area is 217 Å². The summed E-state index contributed by atoms with van der Waals surface area (Å²) in [5, 5.41) is 2.33. The molecule has 0 radical (unpaired) electrons. The number of piperazine rings is 1. The number of benzene rings is 2. The molecule has 1 unspecified atom stereocenters. The van der Waals surface area contributed by atoms with Crippen LogP contribution >= 0.6 is 0 Å². The van der Waals surface area contributed by atoms with Gasteiger partial charge in [-0.1, -0.05) is 36.4 Å². The number of fused-ring (bicyclic) bond motifs is 1. The molecule has 2 aromatic rings. The van der Waals surface area contributed by atoms with Crippen LogP contribution < -0.4 is 5.32 Å². The molecular formula is C29H34N4O4. The number of nitrogens with one attached hydrogen (secondary N) is 1. The predicted octanol–water partition coefficient (Wildman–Crippen LogP) is 1.94. The second-order valence-electron chi connectivity index (χ2n) is 10.5. The number of ketones is 1. The molecule has 1 atom stereocenters. The summed E-state index contributed by atoms with van der Waals surface area (Å²) in [7, 11) is 2.16.